The van der Waals surface area contributed by atoms with Crippen molar-refractivity contribution in [3.8, 4) is 0 Å². The van der Waals surface area contributed by atoms with Crippen molar-refractivity contribution in [3.05, 3.63) is 35.9 Å². The number of esters is 2. The Balaban J connectivity index is 1.76. The lowest BCUT2D eigenvalue weighted by atomic mass is 9.93. The summed E-state index contributed by atoms with van der Waals surface area (Å²) in [7, 11) is 0. The van der Waals surface area contributed by atoms with Crippen molar-refractivity contribution >= 4 is 11.9 Å². The molecule has 1 aromatic carbocycles. The summed E-state index contributed by atoms with van der Waals surface area (Å²) < 4.78 is 10.1. The van der Waals surface area contributed by atoms with Crippen LogP contribution in [-0.4, -0.2) is 24.1 Å². The molecule has 1 heterocycles. The summed E-state index contributed by atoms with van der Waals surface area (Å²) in [4.78, 5) is 22.3. The first-order valence-electron chi connectivity index (χ1n) is 5.53. The largest absolute Gasteiger partial charge is 0.462 e. The van der Waals surface area contributed by atoms with Crippen LogP contribution in [0.3, 0.4) is 0 Å². The molecular formula is C13H14O4. The summed E-state index contributed by atoms with van der Waals surface area (Å²) in [5.74, 6) is -0.540. The Hall–Kier alpha value is -1.84. The van der Waals surface area contributed by atoms with Gasteiger partial charge in [0, 0.05) is 6.42 Å². The van der Waals surface area contributed by atoms with Crippen molar-refractivity contribution in [2.45, 2.75) is 25.4 Å². The highest BCUT2D eigenvalue weighted by atomic mass is 16.6. The Morgan fingerprint density at radius 1 is 1.41 bits per heavy atom. The van der Waals surface area contributed by atoms with E-state index in [2.05, 4.69) is 0 Å². The molecule has 4 nitrogen and oxygen atoms in total. The molecule has 0 aromatic heterocycles. The van der Waals surface area contributed by atoms with Gasteiger partial charge >= 0.3 is 11.9 Å². The molecule has 0 N–H and O–H groups in total. The average molecular weight is 234 g/mol. The van der Waals surface area contributed by atoms with E-state index in [0.29, 0.717) is 18.4 Å². The summed E-state index contributed by atoms with van der Waals surface area (Å²) in [6.45, 7) is 2.10. The Bertz CT molecular complexity index is 416. The van der Waals surface area contributed by atoms with E-state index in [1.54, 1.807) is 24.3 Å². The number of hydrogen-bond donors (Lipinski definition) is 0. The fraction of sp³-hybridized carbons (Fsp3) is 0.385. The van der Waals surface area contributed by atoms with E-state index >= 15 is 0 Å². The third-order valence-corrected chi connectivity index (χ3v) is 2.75. The van der Waals surface area contributed by atoms with Gasteiger partial charge in [-0.25, -0.2) is 4.79 Å². The van der Waals surface area contributed by atoms with Gasteiger partial charge < -0.3 is 9.47 Å². The summed E-state index contributed by atoms with van der Waals surface area (Å²) >= 11 is 0. The Kier molecular flexibility index (Phi) is 3.13. The van der Waals surface area contributed by atoms with Gasteiger partial charge in [0.05, 0.1) is 18.6 Å². The summed E-state index contributed by atoms with van der Waals surface area (Å²) in [5.41, 5.74) is 0.0804. The molecule has 90 valence electrons. The van der Waals surface area contributed by atoms with Gasteiger partial charge in [-0.15, -0.1) is 0 Å². The van der Waals surface area contributed by atoms with E-state index in [-0.39, 0.29) is 18.5 Å². The van der Waals surface area contributed by atoms with Gasteiger partial charge in [0.15, 0.2) is 0 Å². The number of cyclic esters (lactones) is 1. The minimum absolute atomic E-state index is 0.193. The molecule has 0 bridgehead atoms. The van der Waals surface area contributed by atoms with Gasteiger partial charge in [-0.2, -0.15) is 0 Å². The monoisotopic (exact) mass is 234 g/mol. The van der Waals surface area contributed by atoms with Crippen molar-refractivity contribution < 1.29 is 19.1 Å². The molecule has 1 unspecified atom stereocenters. The molecule has 1 aliphatic heterocycles. The lowest BCUT2D eigenvalue weighted by molar-refractivity contribution is -0.190. The molecule has 0 amide bonds. The first-order chi connectivity index (χ1) is 8.09. The SMILES string of the molecule is CC1(CCOC(=O)c2ccccc2)CC(=O)O1. The fourth-order valence-corrected chi connectivity index (χ4v) is 1.73. The van der Waals surface area contributed by atoms with Crippen molar-refractivity contribution in [2.24, 2.45) is 0 Å². The zero-order chi connectivity index (χ0) is 12.3. The molecule has 1 aromatic rings. The third kappa shape index (κ3) is 2.84. The van der Waals surface area contributed by atoms with E-state index in [1.165, 1.54) is 0 Å². The van der Waals surface area contributed by atoms with E-state index in [1.807, 2.05) is 13.0 Å². The maximum atomic E-state index is 11.6. The number of benzene rings is 1. The quantitative estimate of drug-likeness (QED) is 0.747. The van der Waals surface area contributed by atoms with E-state index < -0.39 is 5.60 Å². The smallest absolute Gasteiger partial charge is 0.338 e. The first kappa shape index (κ1) is 11.6. The van der Waals surface area contributed by atoms with E-state index in [4.69, 9.17) is 9.47 Å². The minimum atomic E-state index is -0.450. The van der Waals surface area contributed by atoms with E-state index in [9.17, 15) is 9.59 Å². The Morgan fingerprint density at radius 3 is 2.65 bits per heavy atom. The molecule has 1 aliphatic rings. The molecule has 17 heavy (non-hydrogen) atoms. The highest BCUT2D eigenvalue weighted by Crippen LogP contribution is 2.30. The predicted octanol–water partition coefficient (Wildman–Crippen LogP) is 1.94. The van der Waals surface area contributed by atoms with Crippen LogP contribution >= 0.6 is 0 Å². The molecule has 0 radical (unpaired) electrons. The molecule has 2 rings (SSSR count). The Morgan fingerprint density at radius 2 is 2.06 bits per heavy atom. The normalized spacial score (nSPS) is 22.5. The number of carbonyl (C=O) groups excluding carboxylic acids is 2. The number of carbonyl (C=O) groups is 2. The molecule has 1 fully saturated rings. The molecule has 1 saturated heterocycles. The summed E-state index contributed by atoms with van der Waals surface area (Å²) in [6, 6.07) is 8.81. The average Bonchev–Trinajstić information content (AvgIpc) is 2.28. The second kappa shape index (κ2) is 4.57. The topological polar surface area (TPSA) is 52.6 Å². The van der Waals surface area contributed by atoms with Crippen LogP contribution in [0.4, 0.5) is 0 Å². The predicted molar refractivity (Wildman–Crippen MR) is 60.5 cm³/mol. The Labute approximate surface area is 99.5 Å². The fourth-order valence-electron chi connectivity index (χ4n) is 1.73. The second-order valence-electron chi connectivity index (χ2n) is 4.35. The van der Waals surface area contributed by atoms with Crippen LogP contribution in [0.15, 0.2) is 30.3 Å². The summed E-state index contributed by atoms with van der Waals surface area (Å²) in [6.07, 6.45) is 0.938. The van der Waals surface area contributed by atoms with Crippen LogP contribution in [0.5, 0.6) is 0 Å². The third-order valence-electron chi connectivity index (χ3n) is 2.75. The van der Waals surface area contributed by atoms with Gasteiger partial charge in [0.2, 0.25) is 0 Å². The van der Waals surface area contributed by atoms with Crippen LogP contribution in [0.2, 0.25) is 0 Å². The van der Waals surface area contributed by atoms with Gasteiger partial charge in [0.25, 0.3) is 0 Å². The standard InChI is InChI=1S/C13H14O4/c1-13(9-11(14)17-13)7-8-16-12(15)10-5-3-2-4-6-10/h2-6H,7-9H2,1H3. The molecule has 0 spiro atoms. The van der Waals surface area contributed by atoms with Gasteiger partial charge in [-0.05, 0) is 19.1 Å². The van der Waals surface area contributed by atoms with Gasteiger partial charge in [-0.1, -0.05) is 18.2 Å². The van der Waals surface area contributed by atoms with Crippen LogP contribution < -0.4 is 0 Å². The van der Waals surface area contributed by atoms with Gasteiger partial charge in [0.1, 0.15) is 5.60 Å². The maximum Gasteiger partial charge on any atom is 0.338 e. The van der Waals surface area contributed by atoms with Crippen LogP contribution in [0.1, 0.15) is 30.1 Å². The molecule has 4 heteroatoms. The van der Waals surface area contributed by atoms with Gasteiger partial charge in [-0.3, -0.25) is 4.79 Å². The van der Waals surface area contributed by atoms with Crippen LogP contribution in [0.25, 0.3) is 0 Å². The first-order valence-corrected chi connectivity index (χ1v) is 5.53. The zero-order valence-electron chi connectivity index (χ0n) is 9.64. The van der Waals surface area contributed by atoms with Crippen molar-refractivity contribution in [1.29, 1.82) is 0 Å². The van der Waals surface area contributed by atoms with Crippen molar-refractivity contribution in [2.75, 3.05) is 6.61 Å². The van der Waals surface area contributed by atoms with E-state index in [0.717, 1.165) is 0 Å². The molecule has 0 saturated carbocycles. The van der Waals surface area contributed by atoms with Crippen LogP contribution in [-0.2, 0) is 14.3 Å². The van der Waals surface area contributed by atoms with Crippen molar-refractivity contribution in [1.82, 2.24) is 0 Å². The second-order valence-corrected chi connectivity index (χ2v) is 4.35. The summed E-state index contributed by atoms with van der Waals surface area (Å²) in [5, 5.41) is 0. The number of ether oxygens (including phenoxy) is 2. The molecule has 0 aliphatic carbocycles. The van der Waals surface area contributed by atoms with Crippen LogP contribution in [0, 0.1) is 0 Å². The number of rotatable bonds is 4. The highest BCUT2D eigenvalue weighted by Gasteiger charge is 2.41. The molecule has 1 atom stereocenters. The highest BCUT2D eigenvalue weighted by molar-refractivity contribution is 5.89. The lowest BCUT2D eigenvalue weighted by Crippen LogP contribution is -2.45. The maximum absolute atomic E-state index is 11.6. The number of hydrogen-bond acceptors (Lipinski definition) is 4. The van der Waals surface area contributed by atoms with Crippen molar-refractivity contribution in [3.63, 3.8) is 0 Å². The minimum Gasteiger partial charge on any atom is -0.462 e. The zero-order valence-corrected chi connectivity index (χ0v) is 9.64. The molecular weight excluding hydrogens is 220 g/mol. The lowest BCUT2D eigenvalue weighted by Gasteiger charge is -2.36.